The molecule has 3 unspecified atom stereocenters. The number of nitrogens with zero attached hydrogens (tertiary/aromatic N) is 1. The van der Waals surface area contributed by atoms with Crippen LogP contribution in [0.5, 0.6) is 0 Å². The summed E-state index contributed by atoms with van der Waals surface area (Å²) in [6.07, 6.45) is 12.4. The van der Waals surface area contributed by atoms with Crippen LogP contribution in [0.3, 0.4) is 0 Å². The summed E-state index contributed by atoms with van der Waals surface area (Å²) in [7, 11) is 0. The molecule has 0 aromatic heterocycles. The van der Waals surface area contributed by atoms with Gasteiger partial charge in [0.2, 0.25) is 0 Å². The molecule has 1 nitrogen and oxygen atoms in total. The van der Waals surface area contributed by atoms with E-state index >= 15 is 0 Å². The third kappa shape index (κ3) is 5.48. The Morgan fingerprint density at radius 1 is 0.491 bits per heavy atom. The summed E-state index contributed by atoms with van der Waals surface area (Å²) in [6, 6.07) is 54.0. The van der Waals surface area contributed by atoms with Gasteiger partial charge in [0.15, 0.2) is 0 Å². The predicted molar refractivity (Wildman–Crippen MR) is 233 cm³/mol. The fourth-order valence-electron chi connectivity index (χ4n) is 11.7. The number of hydrogen-bond donors (Lipinski definition) is 0. The van der Waals surface area contributed by atoms with Crippen LogP contribution in [0.2, 0.25) is 0 Å². The van der Waals surface area contributed by atoms with E-state index < -0.39 is 0 Å². The van der Waals surface area contributed by atoms with E-state index in [1.165, 1.54) is 141 Å². The van der Waals surface area contributed by atoms with Gasteiger partial charge in [-0.05, 0) is 158 Å². The summed E-state index contributed by atoms with van der Waals surface area (Å²) >= 11 is 0. The van der Waals surface area contributed by atoms with Crippen LogP contribution < -0.4 is 4.90 Å². The summed E-state index contributed by atoms with van der Waals surface area (Å²) in [5, 5.41) is 5.26. The Morgan fingerprint density at radius 3 is 2.05 bits per heavy atom. The molecule has 3 saturated carbocycles. The van der Waals surface area contributed by atoms with Gasteiger partial charge >= 0.3 is 0 Å². The third-order valence-electron chi connectivity index (χ3n) is 14.5. The normalized spacial score (nSPS) is 21.2. The summed E-state index contributed by atoms with van der Waals surface area (Å²) in [5.74, 6) is 3.25. The summed E-state index contributed by atoms with van der Waals surface area (Å²) in [6.45, 7) is 4.84. The second kappa shape index (κ2) is 13.0. The molecule has 3 atom stereocenters. The van der Waals surface area contributed by atoms with Gasteiger partial charge in [-0.2, -0.15) is 0 Å². The maximum absolute atomic E-state index is 2.53. The Balaban J connectivity index is 1.04. The average molecular weight is 714 g/mol. The van der Waals surface area contributed by atoms with Crippen molar-refractivity contribution < 1.29 is 0 Å². The molecule has 7 aromatic carbocycles. The molecule has 0 spiro atoms. The Morgan fingerprint density at radius 2 is 1.22 bits per heavy atom. The second-order valence-electron chi connectivity index (χ2n) is 17.9. The first-order valence-electron chi connectivity index (χ1n) is 21.2. The maximum atomic E-state index is 2.53. The van der Waals surface area contributed by atoms with Gasteiger partial charge < -0.3 is 4.90 Å². The van der Waals surface area contributed by atoms with Gasteiger partial charge in [0.1, 0.15) is 0 Å². The van der Waals surface area contributed by atoms with Crippen molar-refractivity contribution in [3.8, 4) is 22.3 Å². The van der Waals surface area contributed by atoms with Gasteiger partial charge in [-0.15, -0.1) is 0 Å². The van der Waals surface area contributed by atoms with E-state index in [4.69, 9.17) is 0 Å². The first-order valence-corrected chi connectivity index (χ1v) is 21.2. The van der Waals surface area contributed by atoms with E-state index in [1.54, 1.807) is 0 Å². The zero-order chi connectivity index (χ0) is 36.7. The van der Waals surface area contributed by atoms with Gasteiger partial charge in [-0.1, -0.05) is 143 Å². The Kier molecular flexibility index (Phi) is 7.84. The van der Waals surface area contributed by atoms with Crippen LogP contribution >= 0.6 is 0 Å². The predicted octanol–water partition coefficient (Wildman–Crippen LogP) is 15.4. The molecule has 7 aromatic rings. The molecule has 0 N–H and O–H groups in total. The van der Waals surface area contributed by atoms with E-state index in [1.807, 2.05) is 0 Å². The lowest BCUT2D eigenvalue weighted by Gasteiger charge is -2.29. The zero-order valence-electron chi connectivity index (χ0n) is 32.4. The largest absolute Gasteiger partial charge is 0.310 e. The van der Waals surface area contributed by atoms with Gasteiger partial charge in [-0.25, -0.2) is 0 Å². The first-order chi connectivity index (χ1) is 27.0. The summed E-state index contributed by atoms with van der Waals surface area (Å²) in [5.41, 5.74) is 14.8. The molecule has 4 aliphatic rings. The molecule has 0 aliphatic heterocycles. The lowest BCUT2D eigenvalue weighted by Crippen LogP contribution is -2.16. The molecular weight excluding hydrogens is 663 g/mol. The molecule has 3 fully saturated rings. The monoisotopic (exact) mass is 713 g/mol. The van der Waals surface area contributed by atoms with Crippen LogP contribution in [0.1, 0.15) is 106 Å². The molecule has 2 bridgehead atoms. The van der Waals surface area contributed by atoms with E-state index in [0.29, 0.717) is 5.92 Å². The van der Waals surface area contributed by atoms with Crippen LogP contribution in [-0.4, -0.2) is 0 Å². The van der Waals surface area contributed by atoms with Gasteiger partial charge in [0.25, 0.3) is 0 Å². The zero-order valence-corrected chi connectivity index (χ0v) is 32.4. The molecule has 0 radical (unpaired) electrons. The van der Waals surface area contributed by atoms with Crippen molar-refractivity contribution in [1.82, 2.24) is 0 Å². The molecule has 55 heavy (non-hydrogen) atoms. The van der Waals surface area contributed by atoms with E-state index in [-0.39, 0.29) is 5.41 Å². The Bertz CT molecular complexity index is 2580. The van der Waals surface area contributed by atoms with Crippen LogP contribution in [0.15, 0.2) is 140 Å². The number of benzene rings is 7. The van der Waals surface area contributed by atoms with E-state index in [0.717, 1.165) is 17.8 Å². The summed E-state index contributed by atoms with van der Waals surface area (Å²) < 4.78 is 0. The average Bonchev–Trinajstić information content (AvgIpc) is 3.94. The molecule has 1 heteroatoms. The van der Waals surface area contributed by atoms with Crippen molar-refractivity contribution in [3.63, 3.8) is 0 Å². The fourth-order valence-corrected chi connectivity index (χ4v) is 11.7. The first kappa shape index (κ1) is 33.2. The minimum atomic E-state index is -0.142. The van der Waals surface area contributed by atoms with Crippen LogP contribution in [-0.2, 0) is 5.41 Å². The number of rotatable bonds is 6. The Labute approximate surface area is 327 Å². The number of fused-ring (bicyclic) bond motifs is 7. The van der Waals surface area contributed by atoms with Crippen LogP contribution in [0, 0.1) is 11.8 Å². The molecule has 0 saturated heterocycles. The van der Waals surface area contributed by atoms with Gasteiger partial charge in [0.05, 0.1) is 0 Å². The number of hydrogen-bond acceptors (Lipinski definition) is 1. The molecule has 11 rings (SSSR count). The van der Waals surface area contributed by atoms with E-state index in [2.05, 4.69) is 158 Å². The highest BCUT2D eigenvalue weighted by molar-refractivity contribution is 6.03. The minimum Gasteiger partial charge on any atom is -0.310 e. The highest BCUT2D eigenvalue weighted by Crippen LogP contribution is 2.55. The highest BCUT2D eigenvalue weighted by atomic mass is 15.1. The van der Waals surface area contributed by atoms with Crippen molar-refractivity contribution >= 4 is 38.6 Å². The second-order valence-corrected chi connectivity index (χ2v) is 17.9. The summed E-state index contributed by atoms with van der Waals surface area (Å²) in [4.78, 5) is 2.53. The van der Waals surface area contributed by atoms with Crippen LogP contribution in [0.4, 0.5) is 17.1 Å². The molecular formula is C54H51N. The highest BCUT2D eigenvalue weighted by Gasteiger charge is 2.40. The molecule has 272 valence electrons. The van der Waals surface area contributed by atoms with Crippen molar-refractivity contribution in [2.45, 2.75) is 88.9 Å². The fraction of sp³-hybridized carbons (Fsp3) is 0.296. The Hall–Kier alpha value is -5.14. The van der Waals surface area contributed by atoms with Crippen molar-refractivity contribution in [2.75, 3.05) is 4.90 Å². The van der Waals surface area contributed by atoms with Crippen molar-refractivity contribution in [1.29, 1.82) is 0 Å². The quantitative estimate of drug-likeness (QED) is 0.166. The standard InChI is InChI=1S/C54H51N/c1-54(2)51-17-9-16-48(47-15-8-13-38-12-6-7-14-46(38)47)53(51)49-29-28-45(34-52(49)54)55(43-25-23-39(24-26-43)50-31-35-18-19-41(50)30-35)44-27-22-37-20-21-40(32-42(37)33-44)36-10-4-3-5-11-36/h6-9,12-17,20-29,32-36,41,50H,3-5,10-11,18-19,30-31H2,1-2H3. The van der Waals surface area contributed by atoms with Crippen LogP contribution in [0.25, 0.3) is 43.8 Å². The van der Waals surface area contributed by atoms with Crippen molar-refractivity contribution in [2.24, 2.45) is 11.8 Å². The number of anilines is 3. The lowest BCUT2D eigenvalue weighted by atomic mass is 9.81. The molecule has 0 heterocycles. The van der Waals surface area contributed by atoms with Gasteiger partial charge in [0, 0.05) is 22.5 Å². The maximum Gasteiger partial charge on any atom is 0.0468 e. The lowest BCUT2D eigenvalue weighted by molar-refractivity contribution is 0.420. The SMILES string of the molecule is CC1(C)c2cc(N(c3ccc(C4CC5CCC4C5)cc3)c3ccc4ccc(C5CCCCC5)cc4c3)ccc2-c2c(-c3cccc4ccccc34)cccc21. The third-order valence-corrected chi connectivity index (χ3v) is 14.5. The van der Waals surface area contributed by atoms with Gasteiger partial charge in [-0.3, -0.25) is 0 Å². The van der Waals surface area contributed by atoms with Crippen molar-refractivity contribution in [3.05, 3.63) is 162 Å². The topological polar surface area (TPSA) is 3.24 Å². The smallest absolute Gasteiger partial charge is 0.0468 e. The van der Waals surface area contributed by atoms with E-state index in [9.17, 15) is 0 Å². The minimum absolute atomic E-state index is 0.142. The molecule has 0 amide bonds. The molecule has 4 aliphatic carbocycles.